The molecule has 2 nitrogen and oxygen atoms in total. The first-order valence-electron chi connectivity index (χ1n) is 7.10. The van der Waals surface area contributed by atoms with Crippen molar-refractivity contribution in [2.75, 3.05) is 13.1 Å². The maximum Gasteiger partial charge on any atom is 0.222 e. The Morgan fingerprint density at radius 2 is 1.89 bits per heavy atom. The zero-order valence-electron chi connectivity index (χ0n) is 11.3. The molecule has 1 aromatic rings. The average Bonchev–Trinajstić information content (AvgIpc) is 2.93. The third-order valence-corrected chi connectivity index (χ3v) is 3.86. The molecule has 1 aromatic carbocycles. The lowest BCUT2D eigenvalue weighted by Crippen LogP contribution is -2.27. The van der Waals surface area contributed by atoms with E-state index in [1.54, 1.807) is 0 Å². The standard InChI is InChI=1S/C16H23NO/c1-14(15-9-3-2-4-10-15)8-7-11-16(18)17-12-5-6-13-17/h2-4,9-10,14H,5-8,11-13H2,1H3. The minimum absolute atomic E-state index is 0.354. The van der Waals surface area contributed by atoms with Gasteiger partial charge < -0.3 is 4.90 Å². The van der Waals surface area contributed by atoms with Crippen molar-refractivity contribution in [2.24, 2.45) is 0 Å². The van der Waals surface area contributed by atoms with Gasteiger partial charge in [0.05, 0.1) is 0 Å². The van der Waals surface area contributed by atoms with Gasteiger partial charge in [-0.05, 0) is 37.2 Å². The molecule has 2 heteroatoms. The molecule has 1 saturated heterocycles. The molecule has 0 aliphatic carbocycles. The number of carbonyl (C=O) groups is 1. The summed E-state index contributed by atoms with van der Waals surface area (Å²) < 4.78 is 0. The maximum absolute atomic E-state index is 11.9. The van der Waals surface area contributed by atoms with Crippen molar-refractivity contribution in [2.45, 2.75) is 44.9 Å². The first-order chi connectivity index (χ1) is 8.77. The molecule has 0 N–H and O–H groups in total. The normalized spacial score (nSPS) is 16.8. The number of nitrogens with zero attached hydrogens (tertiary/aromatic N) is 1. The Morgan fingerprint density at radius 1 is 1.22 bits per heavy atom. The summed E-state index contributed by atoms with van der Waals surface area (Å²) in [6, 6.07) is 10.6. The van der Waals surface area contributed by atoms with Crippen molar-refractivity contribution in [1.82, 2.24) is 4.90 Å². The zero-order chi connectivity index (χ0) is 12.8. The van der Waals surface area contributed by atoms with E-state index in [0.29, 0.717) is 11.8 Å². The molecule has 98 valence electrons. The second kappa shape index (κ2) is 6.58. The van der Waals surface area contributed by atoms with E-state index in [1.165, 1.54) is 18.4 Å². The lowest BCUT2D eigenvalue weighted by molar-refractivity contribution is -0.130. The molecular formula is C16H23NO. The highest BCUT2D eigenvalue weighted by atomic mass is 16.2. The molecular weight excluding hydrogens is 222 g/mol. The largest absolute Gasteiger partial charge is 0.343 e. The predicted molar refractivity (Wildman–Crippen MR) is 74.5 cm³/mol. The summed E-state index contributed by atoms with van der Waals surface area (Å²) >= 11 is 0. The van der Waals surface area contributed by atoms with Crippen LogP contribution in [0.25, 0.3) is 0 Å². The van der Waals surface area contributed by atoms with E-state index >= 15 is 0 Å². The minimum atomic E-state index is 0.354. The number of hydrogen-bond acceptors (Lipinski definition) is 1. The van der Waals surface area contributed by atoms with Crippen molar-refractivity contribution in [3.8, 4) is 0 Å². The summed E-state index contributed by atoms with van der Waals surface area (Å²) in [5.74, 6) is 0.908. The van der Waals surface area contributed by atoms with E-state index < -0.39 is 0 Å². The molecule has 1 amide bonds. The van der Waals surface area contributed by atoms with E-state index in [2.05, 4.69) is 31.2 Å². The first kappa shape index (κ1) is 13.1. The van der Waals surface area contributed by atoms with E-state index in [0.717, 1.165) is 32.4 Å². The lowest BCUT2D eigenvalue weighted by atomic mass is 9.95. The zero-order valence-corrected chi connectivity index (χ0v) is 11.3. The van der Waals surface area contributed by atoms with Crippen molar-refractivity contribution in [3.63, 3.8) is 0 Å². The van der Waals surface area contributed by atoms with Crippen LogP contribution in [0.4, 0.5) is 0 Å². The van der Waals surface area contributed by atoms with Crippen molar-refractivity contribution in [3.05, 3.63) is 35.9 Å². The second-order valence-corrected chi connectivity index (χ2v) is 5.29. The van der Waals surface area contributed by atoms with Crippen molar-refractivity contribution in [1.29, 1.82) is 0 Å². The predicted octanol–water partition coefficient (Wildman–Crippen LogP) is 3.58. The molecule has 0 bridgehead atoms. The number of benzene rings is 1. The first-order valence-corrected chi connectivity index (χ1v) is 7.10. The van der Waals surface area contributed by atoms with Gasteiger partial charge in [-0.15, -0.1) is 0 Å². The van der Waals surface area contributed by atoms with Gasteiger partial charge in [0, 0.05) is 19.5 Å². The molecule has 2 rings (SSSR count). The third kappa shape index (κ3) is 3.59. The highest BCUT2D eigenvalue weighted by molar-refractivity contribution is 5.76. The Labute approximate surface area is 110 Å². The van der Waals surface area contributed by atoms with Gasteiger partial charge in [-0.1, -0.05) is 37.3 Å². The van der Waals surface area contributed by atoms with Crippen molar-refractivity contribution < 1.29 is 4.79 Å². The van der Waals surface area contributed by atoms with E-state index in [9.17, 15) is 4.79 Å². The molecule has 0 aromatic heterocycles. The van der Waals surface area contributed by atoms with Crippen molar-refractivity contribution >= 4 is 5.91 Å². The summed E-state index contributed by atoms with van der Waals surface area (Å²) in [7, 11) is 0. The fourth-order valence-electron chi connectivity index (χ4n) is 2.63. The molecule has 18 heavy (non-hydrogen) atoms. The van der Waals surface area contributed by atoms with Crippen LogP contribution < -0.4 is 0 Å². The summed E-state index contributed by atoms with van der Waals surface area (Å²) in [5, 5.41) is 0. The van der Waals surface area contributed by atoms with Crippen LogP contribution in [-0.4, -0.2) is 23.9 Å². The van der Waals surface area contributed by atoms with E-state index in [-0.39, 0.29) is 0 Å². The highest BCUT2D eigenvalue weighted by Gasteiger charge is 2.17. The molecule has 1 aliphatic heterocycles. The van der Waals surface area contributed by atoms with Gasteiger partial charge >= 0.3 is 0 Å². The van der Waals surface area contributed by atoms with Crippen LogP contribution in [0, 0.1) is 0 Å². The van der Waals surface area contributed by atoms with Gasteiger partial charge in [0.15, 0.2) is 0 Å². The fraction of sp³-hybridized carbons (Fsp3) is 0.562. The van der Waals surface area contributed by atoms with Gasteiger partial charge in [0.1, 0.15) is 0 Å². The quantitative estimate of drug-likeness (QED) is 0.776. The Balaban J connectivity index is 1.70. The smallest absolute Gasteiger partial charge is 0.222 e. The summed E-state index contributed by atoms with van der Waals surface area (Å²) in [5.41, 5.74) is 1.38. The maximum atomic E-state index is 11.9. The van der Waals surface area contributed by atoms with Crippen LogP contribution in [0.5, 0.6) is 0 Å². The Hall–Kier alpha value is -1.31. The minimum Gasteiger partial charge on any atom is -0.343 e. The summed E-state index contributed by atoms with van der Waals surface area (Å²) in [6.45, 7) is 4.20. The molecule has 1 atom stereocenters. The number of rotatable bonds is 5. The van der Waals surface area contributed by atoms with Crippen LogP contribution in [-0.2, 0) is 4.79 Å². The second-order valence-electron chi connectivity index (χ2n) is 5.29. The number of carbonyl (C=O) groups excluding carboxylic acids is 1. The Bertz CT molecular complexity index is 368. The third-order valence-electron chi connectivity index (χ3n) is 3.86. The van der Waals surface area contributed by atoms with Crippen LogP contribution in [0.2, 0.25) is 0 Å². The van der Waals surface area contributed by atoms with E-state index in [4.69, 9.17) is 0 Å². The molecule has 1 heterocycles. The molecule has 1 unspecified atom stereocenters. The summed E-state index contributed by atoms with van der Waals surface area (Å²) in [4.78, 5) is 13.9. The Kier molecular flexibility index (Phi) is 4.80. The van der Waals surface area contributed by atoms with Gasteiger partial charge in [-0.3, -0.25) is 4.79 Å². The lowest BCUT2D eigenvalue weighted by Gasteiger charge is -2.16. The topological polar surface area (TPSA) is 20.3 Å². The number of amides is 1. The van der Waals surface area contributed by atoms with Gasteiger partial charge in [-0.2, -0.15) is 0 Å². The highest BCUT2D eigenvalue weighted by Crippen LogP contribution is 2.21. The molecule has 1 aliphatic rings. The molecule has 0 saturated carbocycles. The fourth-order valence-corrected chi connectivity index (χ4v) is 2.63. The average molecular weight is 245 g/mol. The monoisotopic (exact) mass is 245 g/mol. The van der Waals surface area contributed by atoms with Gasteiger partial charge in [0.25, 0.3) is 0 Å². The molecule has 0 spiro atoms. The van der Waals surface area contributed by atoms with Gasteiger partial charge in [-0.25, -0.2) is 0 Å². The van der Waals surface area contributed by atoms with Crippen LogP contribution in [0.3, 0.4) is 0 Å². The van der Waals surface area contributed by atoms with Crippen LogP contribution >= 0.6 is 0 Å². The molecule has 0 radical (unpaired) electrons. The Morgan fingerprint density at radius 3 is 2.56 bits per heavy atom. The van der Waals surface area contributed by atoms with E-state index in [1.807, 2.05) is 11.0 Å². The van der Waals surface area contributed by atoms with Gasteiger partial charge in [0.2, 0.25) is 5.91 Å². The van der Waals surface area contributed by atoms with Crippen LogP contribution in [0.1, 0.15) is 50.5 Å². The number of likely N-dealkylation sites (tertiary alicyclic amines) is 1. The van der Waals surface area contributed by atoms with Crippen LogP contribution in [0.15, 0.2) is 30.3 Å². The SMILES string of the molecule is CC(CCCC(=O)N1CCCC1)c1ccccc1. The number of hydrogen-bond donors (Lipinski definition) is 0. The summed E-state index contributed by atoms with van der Waals surface area (Å²) in [6.07, 6.45) is 5.20. The molecule has 1 fully saturated rings.